The first kappa shape index (κ1) is 15.6. The highest BCUT2D eigenvalue weighted by Crippen LogP contribution is 2.09. The van der Waals surface area contributed by atoms with Crippen LogP contribution in [0.1, 0.15) is 51.4 Å². The van der Waals surface area contributed by atoms with E-state index in [9.17, 15) is 14.9 Å². The van der Waals surface area contributed by atoms with Crippen LogP contribution in [0, 0.1) is 10.1 Å². The quantitative estimate of drug-likeness (QED) is 0.256. The predicted octanol–water partition coefficient (Wildman–Crippen LogP) is 3.07. The normalized spacial score (nSPS) is 10.6. The Hall–Kier alpha value is -1.39. The van der Waals surface area contributed by atoms with E-state index in [1.54, 1.807) is 6.08 Å². The van der Waals surface area contributed by atoms with Crippen LogP contribution in [0.15, 0.2) is 12.3 Å². The standard InChI is InChI=1S/C12H21NO4/c1-17-12(14)10-8-6-4-2-3-5-7-9-11-13(15)16/h9,11H,2-8,10H2,1H3/b11-9-. The van der Waals surface area contributed by atoms with Crippen LogP contribution in [0.25, 0.3) is 0 Å². The van der Waals surface area contributed by atoms with Gasteiger partial charge in [0.25, 0.3) is 0 Å². The molecule has 98 valence electrons. The third-order valence-electron chi connectivity index (χ3n) is 2.46. The van der Waals surface area contributed by atoms with Crippen molar-refractivity contribution >= 4 is 5.97 Å². The molecule has 0 spiro atoms. The Morgan fingerprint density at radius 2 is 1.76 bits per heavy atom. The summed E-state index contributed by atoms with van der Waals surface area (Å²) in [6.45, 7) is 0. The Bertz CT molecular complexity index is 251. The van der Waals surface area contributed by atoms with Crippen LogP contribution in [-0.2, 0) is 9.53 Å². The zero-order valence-corrected chi connectivity index (χ0v) is 10.4. The Kier molecular flexibility index (Phi) is 10.2. The summed E-state index contributed by atoms with van der Waals surface area (Å²) in [5.74, 6) is -0.144. The van der Waals surface area contributed by atoms with Crippen molar-refractivity contribution in [1.29, 1.82) is 0 Å². The van der Waals surface area contributed by atoms with Gasteiger partial charge in [0.1, 0.15) is 0 Å². The zero-order chi connectivity index (χ0) is 12.9. The number of allylic oxidation sites excluding steroid dienone is 1. The lowest BCUT2D eigenvalue weighted by Gasteiger charge is -2.00. The molecule has 0 N–H and O–H groups in total. The Morgan fingerprint density at radius 1 is 1.18 bits per heavy atom. The van der Waals surface area contributed by atoms with Gasteiger partial charge in [-0.15, -0.1) is 0 Å². The summed E-state index contributed by atoms with van der Waals surface area (Å²) in [5.41, 5.74) is 0. The van der Waals surface area contributed by atoms with Crippen LogP contribution in [-0.4, -0.2) is 18.0 Å². The van der Waals surface area contributed by atoms with Crippen molar-refractivity contribution in [3.63, 3.8) is 0 Å². The van der Waals surface area contributed by atoms with Crippen LogP contribution >= 0.6 is 0 Å². The molecule has 0 amide bonds. The molecule has 0 aliphatic heterocycles. The minimum atomic E-state index is -0.438. The van der Waals surface area contributed by atoms with Crippen LogP contribution in [0.5, 0.6) is 0 Å². The van der Waals surface area contributed by atoms with E-state index >= 15 is 0 Å². The molecule has 0 saturated carbocycles. The van der Waals surface area contributed by atoms with E-state index in [2.05, 4.69) is 4.74 Å². The fraction of sp³-hybridized carbons (Fsp3) is 0.750. The lowest BCUT2D eigenvalue weighted by atomic mass is 10.1. The summed E-state index contributed by atoms with van der Waals surface area (Å²) < 4.78 is 4.54. The maximum Gasteiger partial charge on any atom is 0.305 e. The highest BCUT2D eigenvalue weighted by Gasteiger charge is 1.98. The number of rotatable bonds is 10. The van der Waals surface area contributed by atoms with Gasteiger partial charge >= 0.3 is 5.97 Å². The number of ether oxygens (including phenoxy) is 1. The molecule has 0 bridgehead atoms. The Balaban J connectivity index is 3.14. The third kappa shape index (κ3) is 12.5. The van der Waals surface area contributed by atoms with Gasteiger partial charge in [-0.25, -0.2) is 0 Å². The Labute approximate surface area is 102 Å². The van der Waals surface area contributed by atoms with Gasteiger partial charge < -0.3 is 4.74 Å². The summed E-state index contributed by atoms with van der Waals surface area (Å²) in [5, 5.41) is 9.97. The van der Waals surface area contributed by atoms with Gasteiger partial charge in [-0.05, 0) is 25.3 Å². The van der Waals surface area contributed by atoms with E-state index in [0.717, 1.165) is 51.1 Å². The topological polar surface area (TPSA) is 69.4 Å². The lowest BCUT2D eigenvalue weighted by Crippen LogP contribution is -1.99. The molecule has 0 atom stereocenters. The van der Waals surface area contributed by atoms with E-state index < -0.39 is 4.92 Å². The molecule has 0 rings (SSSR count). The molecule has 17 heavy (non-hydrogen) atoms. The number of carbonyl (C=O) groups is 1. The molecule has 0 aliphatic rings. The highest BCUT2D eigenvalue weighted by atomic mass is 16.6. The SMILES string of the molecule is COC(=O)CCCCCCCC/C=C\[N+](=O)[O-]. The first-order valence-electron chi connectivity index (χ1n) is 6.03. The van der Waals surface area contributed by atoms with Crippen molar-refractivity contribution in [2.45, 2.75) is 51.4 Å². The minimum absolute atomic E-state index is 0.144. The van der Waals surface area contributed by atoms with E-state index in [4.69, 9.17) is 0 Å². The molecule has 5 heteroatoms. The molecule has 0 radical (unpaired) electrons. The molecular formula is C12H21NO4. The second-order valence-corrected chi connectivity index (χ2v) is 3.91. The molecule has 5 nitrogen and oxygen atoms in total. The van der Waals surface area contributed by atoms with Crippen molar-refractivity contribution in [2.24, 2.45) is 0 Å². The fourth-order valence-corrected chi connectivity index (χ4v) is 1.50. The van der Waals surface area contributed by atoms with Crippen LogP contribution in [0.2, 0.25) is 0 Å². The van der Waals surface area contributed by atoms with Gasteiger partial charge in [0.15, 0.2) is 0 Å². The number of methoxy groups -OCH3 is 1. The first-order valence-corrected chi connectivity index (χ1v) is 6.03. The van der Waals surface area contributed by atoms with Gasteiger partial charge in [0.2, 0.25) is 6.20 Å². The van der Waals surface area contributed by atoms with Crippen molar-refractivity contribution in [3.05, 3.63) is 22.4 Å². The maximum atomic E-state index is 10.8. The summed E-state index contributed by atoms with van der Waals surface area (Å²) >= 11 is 0. The molecule has 0 aromatic heterocycles. The summed E-state index contributed by atoms with van der Waals surface area (Å²) in [6.07, 6.45) is 10.1. The number of hydrogen-bond acceptors (Lipinski definition) is 4. The van der Waals surface area contributed by atoms with Gasteiger partial charge in [-0.2, -0.15) is 0 Å². The van der Waals surface area contributed by atoms with E-state index in [0.29, 0.717) is 6.42 Å². The van der Waals surface area contributed by atoms with Gasteiger partial charge in [-0.3, -0.25) is 14.9 Å². The molecule has 0 aromatic carbocycles. The number of nitrogens with zero attached hydrogens (tertiary/aromatic N) is 1. The van der Waals surface area contributed by atoms with Gasteiger partial charge in [0.05, 0.1) is 12.0 Å². The van der Waals surface area contributed by atoms with E-state index in [-0.39, 0.29) is 5.97 Å². The summed E-state index contributed by atoms with van der Waals surface area (Å²) in [4.78, 5) is 20.3. The fourth-order valence-electron chi connectivity index (χ4n) is 1.50. The molecule has 0 unspecified atom stereocenters. The number of unbranched alkanes of at least 4 members (excludes halogenated alkanes) is 6. The third-order valence-corrected chi connectivity index (χ3v) is 2.46. The van der Waals surface area contributed by atoms with E-state index in [1.807, 2.05) is 0 Å². The largest absolute Gasteiger partial charge is 0.469 e. The molecule has 0 fully saturated rings. The van der Waals surface area contributed by atoms with Gasteiger partial charge in [-0.1, -0.05) is 25.7 Å². The van der Waals surface area contributed by atoms with Crippen LogP contribution < -0.4 is 0 Å². The van der Waals surface area contributed by atoms with Crippen molar-refractivity contribution in [3.8, 4) is 0 Å². The van der Waals surface area contributed by atoms with Crippen molar-refractivity contribution in [2.75, 3.05) is 7.11 Å². The number of esters is 1. The van der Waals surface area contributed by atoms with Gasteiger partial charge in [0, 0.05) is 6.42 Å². The van der Waals surface area contributed by atoms with Crippen LogP contribution in [0.3, 0.4) is 0 Å². The number of hydrogen-bond donors (Lipinski definition) is 0. The molecular weight excluding hydrogens is 222 g/mol. The van der Waals surface area contributed by atoms with E-state index in [1.165, 1.54) is 7.11 Å². The molecule has 0 heterocycles. The zero-order valence-electron chi connectivity index (χ0n) is 10.4. The second-order valence-electron chi connectivity index (χ2n) is 3.91. The number of nitro groups is 1. The smallest absolute Gasteiger partial charge is 0.305 e. The minimum Gasteiger partial charge on any atom is -0.469 e. The predicted molar refractivity (Wildman–Crippen MR) is 65.1 cm³/mol. The van der Waals surface area contributed by atoms with Crippen LogP contribution in [0.4, 0.5) is 0 Å². The summed E-state index contributed by atoms with van der Waals surface area (Å²) in [6, 6.07) is 0. The van der Waals surface area contributed by atoms with Crippen molar-refractivity contribution < 1.29 is 14.5 Å². The molecule has 0 aliphatic carbocycles. The monoisotopic (exact) mass is 243 g/mol. The second kappa shape index (κ2) is 11.1. The maximum absolute atomic E-state index is 10.8. The first-order chi connectivity index (χ1) is 8.16. The number of carbonyl (C=O) groups excluding carboxylic acids is 1. The molecule has 0 aromatic rings. The average molecular weight is 243 g/mol. The highest BCUT2D eigenvalue weighted by molar-refractivity contribution is 5.68. The molecule has 0 saturated heterocycles. The summed E-state index contributed by atoms with van der Waals surface area (Å²) in [7, 11) is 1.40. The average Bonchev–Trinajstić information content (AvgIpc) is 2.30. The lowest BCUT2D eigenvalue weighted by molar-refractivity contribution is -0.402. The van der Waals surface area contributed by atoms with Crippen molar-refractivity contribution in [1.82, 2.24) is 0 Å². The Morgan fingerprint density at radius 3 is 2.35 bits per heavy atom.